The van der Waals surface area contributed by atoms with E-state index in [0.717, 1.165) is 12.3 Å². The molecule has 1 atom stereocenters. The predicted molar refractivity (Wildman–Crippen MR) is 72.1 cm³/mol. The normalized spacial score (nSPS) is 13.1. The third-order valence-electron chi connectivity index (χ3n) is 2.58. The number of benzene rings is 1. The van der Waals surface area contributed by atoms with Gasteiger partial charge < -0.3 is 10.3 Å². The van der Waals surface area contributed by atoms with Crippen molar-refractivity contribution in [2.75, 3.05) is 19.3 Å². The molecule has 1 aromatic carbocycles. The minimum Gasteiger partial charge on any atom is -0.350 e. The van der Waals surface area contributed by atoms with Crippen molar-refractivity contribution in [2.45, 2.75) is 11.9 Å². The summed E-state index contributed by atoms with van der Waals surface area (Å²) < 4.78 is 0. The molecule has 0 saturated carbocycles. The molecule has 3 heteroatoms. The first-order valence-electron chi connectivity index (χ1n) is 5.64. The van der Waals surface area contributed by atoms with Crippen LogP contribution in [0.15, 0.2) is 35.4 Å². The van der Waals surface area contributed by atoms with E-state index in [4.69, 9.17) is 0 Å². The minimum absolute atomic E-state index is 0.696. The Morgan fingerprint density at radius 2 is 2.19 bits per heavy atom. The molecule has 86 valence electrons. The summed E-state index contributed by atoms with van der Waals surface area (Å²) in [6, 6.07) is 10.6. The van der Waals surface area contributed by atoms with E-state index >= 15 is 0 Å². The van der Waals surface area contributed by atoms with Gasteiger partial charge in [0.15, 0.2) is 0 Å². The average molecular weight is 234 g/mol. The van der Waals surface area contributed by atoms with E-state index in [9.17, 15) is 0 Å². The summed E-state index contributed by atoms with van der Waals surface area (Å²) in [5.74, 6) is 1.84. The van der Waals surface area contributed by atoms with Crippen LogP contribution in [-0.4, -0.2) is 24.3 Å². The van der Waals surface area contributed by atoms with Crippen LogP contribution in [0.1, 0.15) is 6.92 Å². The number of hydrogen-bond acceptors (Lipinski definition) is 2. The Labute approximate surface area is 101 Å². The molecule has 0 aliphatic heterocycles. The Balaban J connectivity index is 1.99. The Bertz CT molecular complexity index is 417. The van der Waals surface area contributed by atoms with Gasteiger partial charge in [0, 0.05) is 16.7 Å². The largest absolute Gasteiger partial charge is 0.350 e. The number of hydrogen-bond donors (Lipinski definition) is 2. The van der Waals surface area contributed by atoms with Crippen molar-refractivity contribution in [1.29, 1.82) is 0 Å². The van der Waals surface area contributed by atoms with Gasteiger partial charge in [-0.25, -0.2) is 0 Å². The van der Waals surface area contributed by atoms with Gasteiger partial charge in [-0.3, -0.25) is 0 Å². The molecule has 2 nitrogen and oxygen atoms in total. The van der Waals surface area contributed by atoms with Gasteiger partial charge in [-0.15, -0.1) is 11.8 Å². The van der Waals surface area contributed by atoms with E-state index < -0.39 is 0 Å². The third kappa shape index (κ3) is 2.80. The summed E-state index contributed by atoms with van der Waals surface area (Å²) in [5, 5.41) is 5.77. The van der Waals surface area contributed by atoms with Gasteiger partial charge in [-0.05, 0) is 31.6 Å². The maximum atomic E-state index is 3.44. The quantitative estimate of drug-likeness (QED) is 0.778. The lowest BCUT2D eigenvalue weighted by atomic mass is 10.2. The van der Waals surface area contributed by atoms with Gasteiger partial charge in [-0.1, -0.05) is 25.1 Å². The monoisotopic (exact) mass is 234 g/mol. The van der Waals surface area contributed by atoms with E-state index in [1.165, 1.54) is 15.9 Å². The molecule has 0 aliphatic carbocycles. The molecular weight excluding hydrogens is 216 g/mol. The van der Waals surface area contributed by atoms with Gasteiger partial charge >= 0.3 is 0 Å². The molecule has 0 saturated heterocycles. The Kier molecular flexibility index (Phi) is 3.91. The Morgan fingerprint density at radius 1 is 1.38 bits per heavy atom. The van der Waals surface area contributed by atoms with E-state index in [1.54, 1.807) is 0 Å². The highest BCUT2D eigenvalue weighted by Gasteiger charge is 2.04. The molecule has 1 aromatic heterocycles. The highest BCUT2D eigenvalue weighted by molar-refractivity contribution is 7.99. The number of thioether (sulfide) groups is 1. The SMILES string of the molecule is CNCC(C)CSc1cc2ccccc2[nH]1. The number of para-hydroxylation sites is 1. The lowest BCUT2D eigenvalue weighted by molar-refractivity contribution is 0.603. The summed E-state index contributed by atoms with van der Waals surface area (Å²) in [4.78, 5) is 3.44. The molecule has 2 N–H and O–H groups in total. The molecule has 0 radical (unpaired) electrons. The van der Waals surface area contributed by atoms with Crippen LogP contribution in [0, 0.1) is 5.92 Å². The lowest BCUT2D eigenvalue weighted by Crippen LogP contribution is -2.17. The summed E-state index contributed by atoms with van der Waals surface area (Å²) in [5.41, 5.74) is 1.23. The highest BCUT2D eigenvalue weighted by atomic mass is 32.2. The summed E-state index contributed by atoms with van der Waals surface area (Å²) in [6.07, 6.45) is 0. The lowest BCUT2D eigenvalue weighted by Gasteiger charge is -2.08. The van der Waals surface area contributed by atoms with Crippen molar-refractivity contribution in [2.24, 2.45) is 5.92 Å². The summed E-state index contributed by atoms with van der Waals surface area (Å²) >= 11 is 1.90. The zero-order valence-corrected chi connectivity index (χ0v) is 10.6. The van der Waals surface area contributed by atoms with Crippen LogP contribution < -0.4 is 5.32 Å². The first-order valence-corrected chi connectivity index (χ1v) is 6.63. The second-order valence-electron chi connectivity index (χ2n) is 4.19. The van der Waals surface area contributed by atoms with Gasteiger partial charge in [0.25, 0.3) is 0 Å². The molecule has 0 amide bonds. The highest BCUT2D eigenvalue weighted by Crippen LogP contribution is 2.24. The second kappa shape index (κ2) is 5.41. The van der Waals surface area contributed by atoms with Crippen LogP contribution in [0.25, 0.3) is 10.9 Å². The number of aromatic nitrogens is 1. The van der Waals surface area contributed by atoms with E-state index in [2.05, 4.69) is 47.6 Å². The zero-order valence-electron chi connectivity index (χ0n) is 9.79. The first-order chi connectivity index (χ1) is 7.79. The van der Waals surface area contributed by atoms with Gasteiger partial charge in [0.2, 0.25) is 0 Å². The molecule has 0 spiro atoms. The van der Waals surface area contributed by atoms with Gasteiger partial charge in [-0.2, -0.15) is 0 Å². The molecular formula is C13H18N2S. The topological polar surface area (TPSA) is 27.8 Å². The molecule has 16 heavy (non-hydrogen) atoms. The first kappa shape index (κ1) is 11.6. The molecule has 0 aliphatic rings. The van der Waals surface area contributed by atoms with E-state index in [-0.39, 0.29) is 0 Å². The van der Waals surface area contributed by atoms with Crippen LogP contribution >= 0.6 is 11.8 Å². The smallest absolute Gasteiger partial charge is 0.0732 e. The van der Waals surface area contributed by atoms with Crippen LogP contribution in [-0.2, 0) is 0 Å². The zero-order chi connectivity index (χ0) is 11.4. The van der Waals surface area contributed by atoms with Crippen molar-refractivity contribution in [3.05, 3.63) is 30.3 Å². The van der Waals surface area contributed by atoms with Gasteiger partial charge in [0.05, 0.1) is 5.03 Å². The molecule has 2 rings (SSSR count). The number of rotatable bonds is 5. The van der Waals surface area contributed by atoms with Crippen molar-refractivity contribution in [3.63, 3.8) is 0 Å². The fraction of sp³-hybridized carbons (Fsp3) is 0.385. The van der Waals surface area contributed by atoms with Gasteiger partial charge in [0.1, 0.15) is 0 Å². The van der Waals surface area contributed by atoms with E-state index in [0.29, 0.717) is 5.92 Å². The Morgan fingerprint density at radius 3 is 2.94 bits per heavy atom. The second-order valence-corrected chi connectivity index (χ2v) is 5.26. The molecule has 1 unspecified atom stereocenters. The summed E-state index contributed by atoms with van der Waals surface area (Å²) in [6.45, 7) is 3.35. The van der Waals surface area contributed by atoms with Crippen LogP contribution in [0.3, 0.4) is 0 Å². The van der Waals surface area contributed by atoms with Crippen molar-refractivity contribution < 1.29 is 0 Å². The van der Waals surface area contributed by atoms with Crippen LogP contribution in [0.5, 0.6) is 0 Å². The Hall–Kier alpha value is -0.930. The molecule has 2 aromatic rings. The summed E-state index contributed by atoms with van der Waals surface area (Å²) in [7, 11) is 2.00. The maximum Gasteiger partial charge on any atom is 0.0732 e. The maximum absolute atomic E-state index is 3.44. The number of aromatic amines is 1. The number of nitrogens with one attached hydrogen (secondary N) is 2. The number of fused-ring (bicyclic) bond motifs is 1. The van der Waals surface area contributed by atoms with Crippen LogP contribution in [0.4, 0.5) is 0 Å². The standard InChI is InChI=1S/C13H18N2S/c1-10(8-14-2)9-16-13-7-11-5-3-4-6-12(11)15-13/h3-7,10,14-15H,8-9H2,1-2H3. The fourth-order valence-corrected chi connectivity index (χ4v) is 2.74. The van der Waals surface area contributed by atoms with E-state index in [1.807, 2.05) is 18.8 Å². The number of H-pyrrole nitrogens is 1. The molecule has 0 bridgehead atoms. The molecule has 1 heterocycles. The minimum atomic E-state index is 0.696. The van der Waals surface area contributed by atoms with Crippen molar-refractivity contribution in [3.8, 4) is 0 Å². The molecule has 0 fully saturated rings. The van der Waals surface area contributed by atoms with Crippen LogP contribution in [0.2, 0.25) is 0 Å². The average Bonchev–Trinajstić information content (AvgIpc) is 2.69. The van der Waals surface area contributed by atoms with Crippen molar-refractivity contribution >= 4 is 22.7 Å². The predicted octanol–water partition coefficient (Wildman–Crippen LogP) is 3.12. The third-order valence-corrected chi connectivity index (χ3v) is 3.85. The fourth-order valence-electron chi connectivity index (χ4n) is 1.76. The van der Waals surface area contributed by atoms with Crippen molar-refractivity contribution in [1.82, 2.24) is 10.3 Å².